The zero-order chi connectivity index (χ0) is 13.6. The van der Waals surface area contributed by atoms with Crippen LogP contribution in [-0.2, 0) is 16.4 Å². The highest BCUT2D eigenvalue weighted by molar-refractivity contribution is 7.90. The Balaban J connectivity index is 2.34. The topological polar surface area (TPSA) is 58.2 Å². The summed E-state index contributed by atoms with van der Waals surface area (Å²) in [6.07, 6.45) is 0.743. The van der Waals surface area contributed by atoms with Crippen molar-refractivity contribution in [2.75, 3.05) is 13.1 Å². The highest BCUT2D eigenvalue weighted by Crippen LogP contribution is 2.06. The van der Waals surface area contributed by atoms with Gasteiger partial charge in [-0.25, -0.2) is 13.1 Å². The molecule has 0 aliphatic carbocycles. The largest absolute Gasteiger partial charge is 0.313 e. The van der Waals surface area contributed by atoms with Crippen molar-refractivity contribution in [2.24, 2.45) is 0 Å². The van der Waals surface area contributed by atoms with Gasteiger partial charge in [0.05, 0.1) is 5.25 Å². The maximum Gasteiger partial charge on any atom is 0.215 e. The van der Waals surface area contributed by atoms with Crippen molar-refractivity contribution in [2.45, 2.75) is 38.5 Å². The summed E-state index contributed by atoms with van der Waals surface area (Å²) in [6, 6.07) is 2.32. The molecule has 1 aromatic rings. The minimum absolute atomic E-state index is 0.299. The van der Waals surface area contributed by atoms with Gasteiger partial charge in [0.1, 0.15) is 0 Å². The molecule has 4 nitrogen and oxygen atoms in total. The predicted octanol–water partition coefficient (Wildman–Crippen LogP) is 1.60. The molecule has 0 saturated heterocycles. The van der Waals surface area contributed by atoms with Crippen LogP contribution in [0.5, 0.6) is 0 Å². The minimum Gasteiger partial charge on any atom is -0.313 e. The lowest BCUT2D eigenvalue weighted by molar-refractivity contribution is 0.541. The van der Waals surface area contributed by atoms with Gasteiger partial charge >= 0.3 is 0 Å². The van der Waals surface area contributed by atoms with Gasteiger partial charge in [-0.15, -0.1) is 0 Å². The summed E-state index contributed by atoms with van der Waals surface area (Å²) in [5, 5.41) is 6.76. The van der Waals surface area contributed by atoms with Crippen LogP contribution in [0.15, 0.2) is 16.8 Å². The van der Waals surface area contributed by atoms with Crippen molar-refractivity contribution in [3.05, 3.63) is 22.4 Å². The molecule has 1 aromatic heterocycles. The summed E-state index contributed by atoms with van der Waals surface area (Å²) in [6.45, 7) is 6.67. The summed E-state index contributed by atoms with van der Waals surface area (Å²) in [7, 11) is -3.22. The average molecular weight is 290 g/mol. The van der Waals surface area contributed by atoms with Gasteiger partial charge in [0.25, 0.3) is 0 Å². The first kappa shape index (κ1) is 15.6. The van der Waals surface area contributed by atoms with Crippen LogP contribution in [-0.4, -0.2) is 32.8 Å². The molecule has 0 amide bonds. The molecule has 2 N–H and O–H groups in total. The van der Waals surface area contributed by atoms with Gasteiger partial charge in [0, 0.05) is 19.1 Å². The van der Waals surface area contributed by atoms with Crippen LogP contribution < -0.4 is 10.0 Å². The third-order valence-corrected chi connectivity index (χ3v) is 5.20. The van der Waals surface area contributed by atoms with Crippen LogP contribution in [0.25, 0.3) is 0 Å². The van der Waals surface area contributed by atoms with Crippen LogP contribution in [0.1, 0.15) is 26.3 Å². The Morgan fingerprint density at radius 2 is 2.06 bits per heavy atom. The Morgan fingerprint density at radius 1 is 1.33 bits per heavy atom. The molecule has 0 bridgehead atoms. The fraction of sp³-hybridized carbons (Fsp3) is 0.667. The highest BCUT2D eigenvalue weighted by atomic mass is 32.2. The summed E-state index contributed by atoms with van der Waals surface area (Å²) in [5.41, 5.74) is 1.18. The van der Waals surface area contributed by atoms with Crippen LogP contribution in [0, 0.1) is 0 Å². The van der Waals surface area contributed by atoms with E-state index in [1.807, 2.05) is 30.7 Å². The van der Waals surface area contributed by atoms with E-state index >= 15 is 0 Å². The summed E-state index contributed by atoms with van der Waals surface area (Å²) < 4.78 is 26.5. The molecule has 0 radical (unpaired) electrons. The molecular formula is C12H22N2O2S2. The molecule has 1 rings (SSSR count). The molecule has 104 valence electrons. The van der Waals surface area contributed by atoms with Crippen molar-refractivity contribution in [1.82, 2.24) is 10.0 Å². The maximum atomic E-state index is 11.9. The van der Waals surface area contributed by atoms with E-state index in [1.54, 1.807) is 18.3 Å². The quantitative estimate of drug-likeness (QED) is 0.764. The Bertz CT molecular complexity index is 427. The number of thiophene rings is 1. The second-order valence-electron chi connectivity index (χ2n) is 4.69. The second-order valence-corrected chi connectivity index (χ2v) is 7.66. The minimum atomic E-state index is -3.22. The van der Waals surface area contributed by atoms with E-state index in [9.17, 15) is 8.42 Å². The molecule has 0 saturated carbocycles. The Morgan fingerprint density at radius 3 is 2.61 bits per heavy atom. The van der Waals surface area contributed by atoms with Gasteiger partial charge in [-0.2, -0.15) is 11.3 Å². The van der Waals surface area contributed by atoms with E-state index in [1.165, 1.54) is 5.56 Å². The molecule has 1 heterocycles. The van der Waals surface area contributed by atoms with E-state index < -0.39 is 15.3 Å². The van der Waals surface area contributed by atoms with E-state index in [2.05, 4.69) is 10.0 Å². The first-order valence-corrected chi connectivity index (χ1v) is 8.63. The first-order valence-electron chi connectivity index (χ1n) is 6.14. The predicted molar refractivity (Wildman–Crippen MR) is 77.5 cm³/mol. The number of nitrogens with one attached hydrogen (secondary N) is 2. The molecule has 0 aromatic carbocycles. The lowest BCUT2D eigenvalue weighted by Gasteiger charge is -2.16. The van der Waals surface area contributed by atoms with Crippen LogP contribution in [0.2, 0.25) is 0 Å². The first-order chi connectivity index (χ1) is 8.42. The Labute approximate surface area is 114 Å². The number of hydrogen-bond acceptors (Lipinski definition) is 4. The van der Waals surface area contributed by atoms with E-state index in [0.29, 0.717) is 19.1 Å². The summed E-state index contributed by atoms with van der Waals surface area (Å²) >= 11 is 1.63. The van der Waals surface area contributed by atoms with E-state index in [4.69, 9.17) is 0 Å². The number of sulfonamides is 1. The van der Waals surface area contributed by atoms with Gasteiger partial charge in [-0.3, -0.25) is 0 Å². The van der Waals surface area contributed by atoms with Crippen LogP contribution in [0.3, 0.4) is 0 Å². The molecule has 6 heteroatoms. The standard InChI is InChI=1S/C12H22N2O2S2/c1-10(2)13-8-11(3)18(15,16)14-6-4-12-5-7-17-9-12/h5,7,9-11,13-14H,4,6,8H2,1-3H3. The van der Waals surface area contributed by atoms with Crippen molar-refractivity contribution in [3.63, 3.8) is 0 Å². The molecule has 1 atom stereocenters. The zero-order valence-corrected chi connectivity index (χ0v) is 12.8. The average Bonchev–Trinajstić information content (AvgIpc) is 2.78. The lowest BCUT2D eigenvalue weighted by atomic mass is 10.2. The highest BCUT2D eigenvalue weighted by Gasteiger charge is 2.19. The van der Waals surface area contributed by atoms with Gasteiger partial charge in [-0.05, 0) is 35.7 Å². The maximum absolute atomic E-state index is 11.9. The normalized spacial score (nSPS) is 14.0. The molecular weight excluding hydrogens is 268 g/mol. The van der Waals surface area contributed by atoms with Gasteiger partial charge in [0.15, 0.2) is 0 Å². The molecule has 0 aliphatic rings. The van der Waals surface area contributed by atoms with E-state index in [-0.39, 0.29) is 0 Å². The molecule has 0 fully saturated rings. The smallest absolute Gasteiger partial charge is 0.215 e. The molecule has 0 aliphatic heterocycles. The third kappa shape index (κ3) is 5.48. The second kappa shape index (κ2) is 7.23. The molecule has 1 unspecified atom stereocenters. The van der Waals surface area contributed by atoms with Crippen molar-refractivity contribution < 1.29 is 8.42 Å². The third-order valence-electron chi connectivity index (χ3n) is 2.64. The number of hydrogen-bond donors (Lipinski definition) is 2. The van der Waals surface area contributed by atoms with Crippen LogP contribution >= 0.6 is 11.3 Å². The molecule has 0 spiro atoms. The van der Waals surface area contributed by atoms with Gasteiger partial charge in [-0.1, -0.05) is 13.8 Å². The fourth-order valence-corrected chi connectivity index (χ4v) is 3.12. The Hall–Kier alpha value is -0.430. The van der Waals surface area contributed by atoms with Gasteiger partial charge < -0.3 is 5.32 Å². The van der Waals surface area contributed by atoms with Crippen LogP contribution in [0.4, 0.5) is 0 Å². The Kier molecular flexibility index (Phi) is 6.28. The van der Waals surface area contributed by atoms with Crippen molar-refractivity contribution in [3.8, 4) is 0 Å². The van der Waals surface area contributed by atoms with E-state index in [0.717, 1.165) is 6.42 Å². The zero-order valence-electron chi connectivity index (χ0n) is 11.1. The van der Waals surface area contributed by atoms with Crippen molar-refractivity contribution in [1.29, 1.82) is 0 Å². The SMILES string of the molecule is CC(C)NCC(C)S(=O)(=O)NCCc1ccsc1. The van der Waals surface area contributed by atoms with Crippen molar-refractivity contribution >= 4 is 21.4 Å². The number of rotatable bonds is 8. The summed E-state index contributed by atoms with van der Waals surface area (Å²) in [5.74, 6) is 0. The summed E-state index contributed by atoms with van der Waals surface area (Å²) in [4.78, 5) is 0. The van der Waals surface area contributed by atoms with Gasteiger partial charge in [0.2, 0.25) is 10.0 Å². The lowest BCUT2D eigenvalue weighted by Crippen LogP contribution is -2.41. The fourth-order valence-electron chi connectivity index (χ4n) is 1.43. The molecule has 18 heavy (non-hydrogen) atoms. The monoisotopic (exact) mass is 290 g/mol.